The second-order valence-corrected chi connectivity index (χ2v) is 5.02. The summed E-state index contributed by atoms with van der Waals surface area (Å²) in [6, 6.07) is -0.387. The van der Waals surface area contributed by atoms with E-state index in [0.717, 1.165) is 25.9 Å². The van der Waals surface area contributed by atoms with Gasteiger partial charge in [-0.05, 0) is 18.8 Å². The molecule has 100 valence electrons. The lowest BCUT2D eigenvalue weighted by atomic mass is 9.97. The Kier molecular flexibility index (Phi) is 5.92. The van der Waals surface area contributed by atoms with Crippen LogP contribution >= 0.6 is 0 Å². The van der Waals surface area contributed by atoms with E-state index < -0.39 is 0 Å². The van der Waals surface area contributed by atoms with Crippen molar-refractivity contribution in [1.29, 1.82) is 0 Å². The van der Waals surface area contributed by atoms with Gasteiger partial charge in [0.1, 0.15) is 0 Å². The zero-order valence-corrected chi connectivity index (χ0v) is 11.2. The third kappa shape index (κ3) is 3.96. The molecule has 4 heteroatoms. The first kappa shape index (κ1) is 14.5. The second-order valence-electron chi connectivity index (χ2n) is 5.02. The molecule has 4 unspecified atom stereocenters. The highest BCUT2D eigenvalue weighted by Crippen LogP contribution is 2.22. The molecule has 1 rings (SSSR count). The van der Waals surface area contributed by atoms with E-state index in [4.69, 9.17) is 10.5 Å². The van der Waals surface area contributed by atoms with E-state index in [1.165, 1.54) is 0 Å². The lowest BCUT2D eigenvalue weighted by Gasteiger charge is -2.21. The van der Waals surface area contributed by atoms with Crippen LogP contribution < -0.4 is 11.1 Å². The zero-order chi connectivity index (χ0) is 12.8. The van der Waals surface area contributed by atoms with Crippen LogP contribution in [0.15, 0.2) is 0 Å². The number of hydrogen-bond acceptors (Lipinski definition) is 3. The minimum atomic E-state index is -0.387. The molecule has 0 aliphatic carbocycles. The van der Waals surface area contributed by atoms with Gasteiger partial charge in [0, 0.05) is 19.1 Å². The van der Waals surface area contributed by atoms with Crippen molar-refractivity contribution >= 4 is 5.91 Å². The Hall–Kier alpha value is -0.610. The maximum absolute atomic E-state index is 11.8. The molecule has 4 atom stereocenters. The Bertz CT molecular complexity index is 246. The number of nitrogens with one attached hydrogen (secondary N) is 1. The molecule has 1 aliphatic heterocycles. The van der Waals surface area contributed by atoms with E-state index in [0.29, 0.717) is 18.6 Å². The first-order chi connectivity index (χ1) is 8.10. The summed E-state index contributed by atoms with van der Waals surface area (Å²) in [5.41, 5.74) is 5.88. The highest BCUT2D eigenvalue weighted by atomic mass is 16.5. The highest BCUT2D eigenvalue weighted by Gasteiger charge is 2.28. The van der Waals surface area contributed by atoms with Crippen molar-refractivity contribution in [2.75, 3.05) is 13.2 Å². The number of rotatable bonds is 6. The summed E-state index contributed by atoms with van der Waals surface area (Å²) in [6.07, 6.45) is 3.28. The van der Waals surface area contributed by atoms with Crippen LogP contribution in [-0.2, 0) is 9.53 Å². The van der Waals surface area contributed by atoms with Gasteiger partial charge in [0.05, 0.1) is 12.1 Å². The molecular formula is C13H26N2O2. The van der Waals surface area contributed by atoms with Crippen LogP contribution in [0, 0.1) is 11.8 Å². The second kappa shape index (κ2) is 6.97. The Morgan fingerprint density at radius 2 is 2.24 bits per heavy atom. The van der Waals surface area contributed by atoms with Gasteiger partial charge in [-0.15, -0.1) is 0 Å². The minimum absolute atomic E-state index is 0.0268. The van der Waals surface area contributed by atoms with E-state index in [-0.39, 0.29) is 17.9 Å². The van der Waals surface area contributed by atoms with Crippen molar-refractivity contribution in [3.8, 4) is 0 Å². The number of ether oxygens (including phenoxy) is 1. The minimum Gasteiger partial charge on any atom is -0.378 e. The maximum atomic E-state index is 11.8. The summed E-state index contributed by atoms with van der Waals surface area (Å²) < 4.78 is 5.59. The predicted octanol–water partition coefficient (Wildman–Crippen LogP) is 1.29. The normalized spacial score (nSPS) is 27.8. The average Bonchev–Trinajstić information content (AvgIpc) is 2.81. The molecule has 3 N–H and O–H groups in total. The van der Waals surface area contributed by atoms with Gasteiger partial charge in [0.2, 0.25) is 5.91 Å². The highest BCUT2D eigenvalue weighted by molar-refractivity contribution is 5.81. The molecule has 17 heavy (non-hydrogen) atoms. The molecule has 0 spiro atoms. The lowest BCUT2D eigenvalue weighted by Crippen LogP contribution is -2.46. The van der Waals surface area contributed by atoms with E-state index in [1.807, 2.05) is 6.92 Å². The van der Waals surface area contributed by atoms with E-state index in [9.17, 15) is 4.79 Å². The molecule has 0 bridgehead atoms. The van der Waals surface area contributed by atoms with E-state index in [1.54, 1.807) is 0 Å². The first-order valence-electron chi connectivity index (χ1n) is 6.75. The van der Waals surface area contributed by atoms with Crippen molar-refractivity contribution < 1.29 is 9.53 Å². The van der Waals surface area contributed by atoms with E-state index in [2.05, 4.69) is 19.2 Å². The fourth-order valence-corrected chi connectivity index (χ4v) is 2.24. The number of carbonyl (C=O) groups is 1. The molecule has 1 saturated heterocycles. The maximum Gasteiger partial charge on any atom is 0.237 e. The molecule has 0 saturated carbocycles. The third-order valence-electron chi connectivity index (χ3n) is 3.85. The average molecular weight is 242 g/mol. The van der Waals surface area contributed by atoms with Crippen LogP contribution in [0.25, 0.3) is 0 Å². The Balaban J connectivity index is 2.32. The molecule has 1 heterocycles. The summed E-state index contributed by atoms with van der Waals surface area (Å²) in [4.78, 5) is 11.8. The van der Waals surface area contributed by atoms with Gasteiger partial charge in [0.25, 0.3) is 0 Å². The van der Waals surface area contributed by atoms with Gasteiger partial charge < -0.3 is 15.8 Å². The van der Waals surface area contributed by atoms with Crippen molar-refractivity contribution in [3.63, 3.8) is 0 Å². The summed E-state index contributed by atoms with van der Waals surface area (Å²) >= 11 is 0. The molecule has 0 aromatic carbocycles. The van der Waals surface area contributed by atoms with Crippen LogP contribution in [0.2, 0.25) is 0 Å². The molecular weight excluding hydrogens is 216 g/mol. The predicted molar refractivity (Wildman–Crippen MR) is 68.6 cm³/mol. The topological polar surface area (TPSA) is 64.4 Å². The quantitative estimate of drug-likeness (QED) is 0.737. The summed E-state index contributed by atoms with van der Waals surface area (Å²) in [6.45, 7) is 7.70. The van der Waals surface area contributed by atoms with Gasteiger partial charge in [-0.2, -0.15) is 0 Å². The molecule has 1 amide bonds. The Morgan fingerprint density at radius 3 is 2.82 bits per heavy atom. The van der Waals surface area contributed by atoms with Crippen molar-refractivity contribution in [3.05, 3.63) is 0 Å². The number of carbonyl (C=O) groups excluding carboxylic acids is 1. The summed E-state index contributed by atoms with van der Waals surface area (Å²) in [7, 11) is 0. The van der Waals surface area contributed by atoms with Crippen LogP contribution in [0.5, 0.6) is 0 Å². The van der Waals surface area contributed by atoms with Crippen LogP contribution in [-0.4, -0.2) is 31.2 Å². The van der Waals surface area contributed by atoms with Crippen molar-refractivity contribution in [2.24, 2.45) is 17.6 Å². The number of amides is 1. The third-order valence-corrected chi connectivity index (χ3v) is 3.85. The SMILES string of the molecule is CCC(C)C(N)C(=O)NCC1CCOC1CC. The number of nitrogens with two attached hydrogens (primary N) is 1. The molecule has 0 aromatic heterocycles. The molecule has 0 radical (unpaired) electrons. The van der Waals surface area contributed by atoms with Crippen LogP contribution in [0.4, 0.5) is 0 Å². The van der Waals surface area contributed by atoms with E-state index >= 15 is 0 Å². The summed E-state index contributed by atoms with van der Waals surface area (Å²) in [5, 5.41) is 2.96. The number of hydrogen-bond donors (Lipinski definition) is 2. The van der Waals surface area contributed by atoms with Gasteiger partial charge in [-0.25, -0.2) is 0 Å². The first-order valence-corrected chi connectivity index (χ1v) is 6.75. The van der Waals surface area contributed by atoms with Crippen LogP contribution in [0.3, 0.4) is 0 Å². The molecule has 0 aromatic rings. The van der Waals surface area contributed by atoms with Crippen LogP contribution in [0.1, 0.15) is 40.0 Å². The van der Waals surface area contributed by atoms with Gasteiger partial charge in [-0.3, -0.25) is 4.79 Å². The lowest BCUT2D eigenvalue weighted by molar-refractivity contribution is -0.123. The van der Waals surface area contributed by atoms with Gasteiger partial charge >= 0.3 is 0 Å². The zero-order valence-electron chi connectivity index (χ0n) is 11.2. The fraction of sp³-hybridized carbons (Fsp3) is 0.923. The summed E-state index contributed by atoms with van der Waals surface area (Å²) in [5.74, 6) is 0.658. The largest absolute Gasteiger partial charge is 0.378 e. The fourth-order valence-electron chi connectivity index (χ4n) is 2.24. The van der Waals surface area contributed by atoms with Crippen molar-refractivity contribution in [2.45, 2.75) is 52.2 Å². The molecule has 1 aliphatic rings. The van der Waals surface area contributed by atoms with Crippen molar-refractivity contribution in [1.82, 2.24) is 5.32 Å². The Labute approximate surface area is 104 Å². The van der Waals surface area contributed by atoms with Gasteiger partial charge in [0.15, 0.2) is 0 Å². The van der Waals surface area contributed by atoms with Gasteiger partial charge in [-0.1, -0.05) is 27.2 Å². The smallest absolute Gasteiger partial charge is 0.237 e. The monoisotopic (exact) mass is 242 g/mol. The Morgan fingerprint density at radius 1 is 1.53 bits per heavy atom. The standard InChI is InChI=1S/C13H26N2O2/c1-4-9(3)12(14)13(16)15-8-10-6-7-17-11(10)5-2/h9-12H,4-8,14H2,1-3H3,(H,15,16). The molecule has 1 fully saturated rings. The molecule has 4 nitrogen and oxygen atoms in total.